The molecule has 15 heavy (non-hydrogen) atoms. The second-order valence-electron chi connectivity index (χ2n) is 3.84. The van der Waals surface area contributed by atoms with E-state index < -0.39 is 0 Å². The number of methoxy groups -OCH3 is 1. The lowest BCUT2D eigenvalue weighted by atomic mass is 9.98. The first-order chi connectivity index (χ1) is 7.13. The minimum atomic E-state index is -0.345. The SMILES string of the molecule is COCC(C)CC(N)c1cncc(F)c1. The average molecular weight is 212 g/mol. The number of ether oxygens (including phenoxy) is 1. The average Bonchev–Trinajstić information content (AvgIpc) is 2.18. The van der Waals surface area contributed by atoms with Crippen molar-refractivity contribution in [3.05, 3.63) is 29.8 Å². The van der Waals surface area contributed by atoms with E-state index >= 15 is 0 Å². The zero-order chi connectivity index (χ0) is 11.3. The molecule has 0 aliphatic rings. The van der Waals surface area contributed by atoms with Crippen LogP contribution in [0.5, 0.6) is 0 Å². The molecule has 0 amide bonds. The predicted molar refractivity (Wildman–Crippen MR) is 56.8 cm³/mol. The van der Waals surface area contributed by atoms with Gasteiger partial charge in [0.2, 0.25) is 0 Å². The highest BCUT2D eigenvalue weighted by Gasteiger charge is 2.11. The highest BCUT2D eigenvalue weighted by Crippen LogP contribution is 2.18. The molecule has 0 aromatic carbocycles. The Labute approximate surface area is 89.5 Å². The van der Waals surface area contributed by atoms with Gasteiger partial charge in [0.1, 0.15) is 5.82 Å². The summed E-state index contributed by atoms with van der Waals surface area (Å²) in [4.78, 5) is 3.77. The number of nitrogens with two attached hydrogens (primary N) is 1. The van der Waals surface area contributed by atoms with E-state index in [1.165, 1.54) is 12.3 Å². The highest BCUT2D eigenvalue weighted by atomic mass is 19.1. The van der Waals surface area contributed by atoms with Crippen LogP contribution in [0.15, 0.2) is 18.5 Å². The van der Waals surface area contributed by atoms with Crippen LogP contribution in [0.3, 0.4) is 0 Å². The molecule has 2 unspecified atom stereocenters. The Bertz CT molecular complexity index is 306. The van der Waals surface area contributed by atoms with Gasteiger partial charge in [-0.15, -0.1) is 0 Å². The van der Waals surface area contributed by atoms with E-state index in [4.69, 9.17) is 10.5 Å². The molecule has 0 spiro atoms. The van der Waals surface area contributed by atoms with E-state index in [-0.39, 0.29) is 11.9 Å². The van der Waals surface area contributed by atoms with Gasteiger partial charge in [0.25, 0.3) is 0 Å². The maximum atomic E-state index is 12.9. The molecule has 0 aliphatic heterocycles. The molecule has 4 heteroatoms. The van der Waals surface area contributed by atoms with Gasteiger partial charge >= 0.3 is 0 Å². The summed E-state index contributed by atoms with van der Waals surface area (Å²) in [5.74, 6) is 0.00983. The maximum Gasteiger partial charge on any atom is 0.141 e. The van der Waals surface area contributed by atoms with Crippen LogP contribution >= 0.6 is 0 Å². The molecule has 0 radical (unpaired) electrons. The molecular formula is C11H17FN2O. The van der Waals surface area contributed by atoms with Crippen molar-refractivity contribution in [1.82, 2.24) is 4.98 Å². The van der Waals surface area contributed by atoms with Crippen molar-refractivity contribution in [3.63, 3.8) is 0 Å². The standard InChI is InChI=1S/C11H17FN2O/c1-8(7-15-2)3-11(13)9-4-10(12)6-14-5-9/h4-6,8,11H,3,7,13H2,1-2H3. The number of rotatable bonds is 5. The molecule has 1 heterocycles. The Morgan fingerprint density at radius 1 is 1.53 bits per heavy atom. The number of hydrogen-bond donors (Lipinski definition) is 1. The molecule has 1 rings (SSSR count). The van der Waals surface area contributed by atoms with Crippen LogP contribution in [0.4, 0.5) is 4.39 Å². The van der Waals surface area contributed by atoms with Crippen LogP contribution in [-0.4, -0.2) is 18.7 Å². The quantitative estimate of drug-likeness (QED) is 0.810. The van der Waals surface area contributed by atoms with Crippen LogP contribution < -0.4 is 5.73 Å². The molecule has 0 fully saturated rings. The van der Waals surface area contributed by atoms with Crippen molar-refractivity contribution in [2.45, 2.75) is 19.4 Å². The Morgan fingerprint density at radius 3 is 2.87 bits per heavy atom. The molecule has 3 nitrogen and oxygen atoms in total. The molecule has 0 saturated heterocycles. The first kappa shape index (κ1) is 12.1. The molecule has 0 bridgehead atoms. The molecule has 1 aromatic rings. The molecule has 1 aromatic heterocycles. The van der Waals surface area contributed by atoms with Gasteiger partial charge in [-0.1, -0.05) is 6.92 Å². The minimum absolute atomic E-state index is 0.182. The topological polar surface area (TPSA) is 48.1 Å². The summed E-state index contributed by atoms with van der Waals surface area (Å²) in [5, 5.41) is 0. The van der Waals surface area contributed by atoms with Crippen molar-refractivity contribution in [1.29, 1.82) is 0 Å². The summed E-state index contributed by atoms with van der Waals surface area (Å²) in [7, 11) is 1.66. The van der Waals surface area contributed by atoms with E-state index in [0.29, 0.717) is 12.5 Å². The van der Waals surface area contributed by atoms with Crippen LogP contribution in [0.25, 0.3) is 0 Å². The van der Waals surface area contributed by atoms with Crippen LogP contribution in [0, 0.1) is 11.7 Å². The third-order valence-electron chi connectivity index (χ3n) is 2.26. The smallest absolute Gasteiger partial charge is 0.141 e. The Morgan fingerprint density at radius 2 is 2.27 bits per heavy atom. The van der Waals surface area contributed by atoms with E-state index in [1.807, 2.05) is 0 Å². The highest BCUT2D eigenvalue weighted by molar-refractivity contribution is 5.14. The van der Waals surface area contributed by atoms with Gasteiger partial charge in [-0.05, 0) is 24.0 Å². The maximum absolute atomic E-state index is 12.9. The molecule has 2 N–H and O–H groups in total. The van der Waals surface area contributed by atoms with Gasteiger partial charge in [-0.25, -0.2) is 4.39 Å². The number of hydrogen-bond acceptors (Lipinski definition) is 3. The van der Waals surface area contributed by atoms with Gasteiger partial charge in [0, 0.05) is 26.0 Å². The van der Waals surface area contributed by atoms with E-state index in [0.717, 1.165) is 12.0 Å². The first-order valence-electron chi connectivity index (χ1n) is 4.98. The summed E-state index contributed by atoms with van der Waals surface area (Å²) >= 11 is 0. The molecule has 84 valence electrons. The van der Waals surface area contributed by atoms with Gasteiger partial charge in [0.15, 0.2) is 0 Å². The minimum Gasteiger partial charge on any atom is -0.384 e. The summed E-state index contributed by atoms with van der Waals surface area (Å²) in [6, 6.07) is 1.25. The normalized spacial score (nSPS) is 14.9. The number of halogens is 1. The third-order valence-corrected chi connectivity index (χ3v) is 2.26. The van der Waals surface area contributed by atoms with Crippen LogP contribution in [0.2, 0.25) is 0 Å². The number of aromatic nitrogens is 1. The van der Waals surface area contributed by atoms with Crippen LogP contribution in [0.1, 0.15) is 24.9 Å². The van der Waals surface area contributed by atoms with Gasteiger partial charge in [-0.3, -0.25) is 4.98 Å². The van der Waals surface area contributed by atoms with Gasteiger partial charge in [-0.2, -0.15) is 0 Å². The lowest BCUT2D eigenvalue weighted by Crippen LogP contribution is -2.17. The van der Waals surface area contributed by atoms with Crippen molar-refractivity contribution in [2.24, 2.45) is 11.7 Å². The Kier molecular flexibility index (Phi) is 4.65. The van der Waals surface area contributed by atoms with Gasteiger partial charge in [0.05, 0.1) is 6.20 Å². The van der Waals surface area contributed by atoms with E-state index in [2.05, 4.69) is 11.9 Å². The fraction of sp³-hybridized carbons (Fsp3) is 0.545. The second kappa shape index (κ2) is 5.78. The summed E-state index contributed by atoms with van der Waals surface area (Å²) < 4.78 is 17.9. The summed E-state index contributed by atoms with van der Waals surface area (Å²) in [6.45, 7) is 2.71. The summed E-state index contributed by atoms with van der Waals surface area (Å²) in [5.41, 5.74) is 6.67. The second-order valence-corrected chi connectivity index (χ2v) is 3.84. The third kappa shape index (κ3) is 3.93. The molecular weight excluding hydrogens is 195 g/mol. The largest absolute Gasteiger partial charge is 0.384 e. The van der Waals surface area contributed by atoms with E-state index in [9.17, 15) is 4.39 Å². The number of nitrogens with zero attached hydrogens (tertiary/aromatic N) is 1. The monoisotopic (exact) mass is 212 g/mol. The van der Waals surface area contributed by atoms with Crippen LogP contribution in [-0.2, 0) is 4.74 Å². The first-order valence-corrected chi connectivity index (χ1v) is 4.98. The lowest BCUT2D eigenvalue weighted by Gasteiger charge is -2.16. The van der Waals surface area contributed by atoms with Gasteiger partial charge < -0.3 is 10.5 Å². The number of pyridine rings is 1. The molecule has 0 aliphatic carbocycles. The fourth-order valence-corrected chi connectivity index (χ4v) is 1.55. The predicted octanol–water partition coefficient (Wildman–Crippen LogP) is 1.89. The zero-order valence-electron chi connectivity index (χ0n) is 9.11. The lowest BCUT2D eigenvalue weighted by molar-refractivity contribution is 0.152. The summed E-state index contributed by atoms with van der Waals surface area (Å²) in [6.07, 6.45) is 3.54. The van der Waals surface area contributed by atoms with Crippen molar-refractivity contribution >= 4 is 0 Å². The Balaban J connectivity index is 2.56. The van der Waals surface area contributed by atoms with Crippen molar-refractivity contribution in [2.75, 3.05) is 13.7 Å². The molecule has 0 saturated carbocycles. The van der Waals surface area contributed by atoms with E-state index in [1.54, 1.807) is 13.3 Å². The zero-order valence-corrected chi connectivity index (χ0v) is 9.11. The van der Waals surface area contributed by atoms with Crippen molar-refractivity contribution in [3.8, 4) is 0 Å². The molecule has 2 atom stereocenters. The fourth-order valence-electron chi connectivity index (χ4n) is 1.55. The Hall–Kier alpha value is -1.00. The van der Waals surface area contributed by atoms with Crippen molar-refractivity contribution < 1.29 is 9.13 Å².